The van der Waals surface area contributed by atoms with Crippen molar-refractivity contribution in [2.45, 2.75) is 55.2 Å². The van der Waals surface area contributed by atoms with Gasteiger partial charge in [-0.1, -0.05) is 0 Å². The lowest BCUT2D eigenvalue weighted by atomic mass is 10.2. The van der Waals surface area contributed by atoms with Crippen LogP contribution in [0.15, 0.2) is 29.2 Å². The van der Waals surface area contributed by atoms with Crippen LogP contribution in [0.2, 0.25) is 0 Å². The fourth-order valence-electron chi connectivity index (χ4n) is 2.81. The van der Waals surface area contributed by atoms with E-state index in [9.17, 15) is 8.42 Å². The highest BCUT2D eigenvalue weighted by Crippen LogP contribution is 2.26. The van der Waals surface area contributed by atoms with Gasteiger partial charge in [0.25, 0.3) is 0 Å². The molecule has 2 unspecified atom stereocenters. The maximum atomic E-state index is 12.1. The number of hydrogen-bond acceptors (Lipinski definition) is 4. The monoisotopic (exact) mass is 310 g/mol. The molecule has 2 aliphatic carbocycles. The highest BCUT2D eigenvalue weighted by molar-refractivity contribution is 7.89. The summed E-state index contributed by atoms with van der Waals surface area (Å²) in [7, 11) is -1.62. The van der Waals surface area contributed by atoms with Gasteiger partial charge >= 0.3 is 0 Å². The summed E-state index contributed by atoms with van der Waals surface area (Å²) in [6.07, 6.45) is 5.45. The van der Waals surface area contributed by atoms with E-state index < -0.39 is 10.0 Å². The maximum Gasteiger partial charge on any atom is 0.240 e. The SMILES string of the molecule is COC1CCCC1Nc1ccc(S(=O)(=O)NC2CC2)cc1. The largest absolute Gasteiger partial charge is 0.380 e. The van der Waals surface area contributed by atoms with Gasteiger partial charge in [-0.25, -0.2) is 13.1 Å². The molecule has 21 heavy (non-hydrogen) atoms. The molecule has 0 heterocycles. The smallest absolute Gasteiger partial charge is 0.240 e. The zero-order chi connectivity index (χ0) is 14.9. The Bertz CT molecular complexity index is 581. The summed E-state index contributed by atoms with van der Waals surface area (Å²) in [6, 6.07) is 7.41. The minimum absolute atomic E-state index is 0.133. The first-order valence-electron chi connectivity index (χ1n) is 7.50. The zero-order valence-corrected chi connectivity index (χ0v) is 13.0. The van der Waals surface area contributed by atoms with Gasteiger partial charge in [-0.2, -0.15) is 0 Å². The van der Waals surface area contributed by atoms with Gasteiger partial charge in [0, 0.05) is 18.8 Å². The number of hydrogen-bond donors (Lipinski definition) is 2. The molecule has 2 atom stereocenters. The molecule has 116 valence electrons. The number of ether oxygens (including phenoxy) is 1. The maximum absolute atomic E-state index is 12.1. The van der Waals surface area contributed by atoms with Crippen LogP contribution in [-0.2, 0) is 14.8 Å². The molecule has 0 saturated heterocycles. The minimum Gasteiger partial charge on any atom is -0.380 e. The second-order valence-corrected chi connectivity index (χ2v) is 7.59. The van der Waals surface area contributed by atoms with E-state index in [1.54, 1.807) is 19.2 Å². The lowest BCUT2D eigenvalue weighted by Gasteiger charge is -2.20. The van der Waals surface area contributed by atoms with Crippen molar-refractivity contribution in [3.8, 4) is 0 Å². The van der Waals surface area contributed by atoms with Crippen LogP contribution in [-0.4, -0.2) is 33.7 Å². The molecule has 3 rings (SSSR count). The summed E-state index contributed by atoms with van der Waals surface area (Å²) in [5.41, 5.74) is 0.939. The first-order valence-corrected chi connectivity index (χ1v) is 8.98. The fourth-order valence-corrected chi connectivity index (χ4v) is 4.11. The quantitative estimate of drug-likeness (QED) is 0.844. The van der Waals surface area contributed by atoms with E-state index in [0.29, 0.717) is 10.9 Å². The van der Waals surface area contributed by atoms with Gasteiger partial charge in [-0.05, 0) is 56.4 Å². The van der Waals surface area contributed by atoms with Crippen molar-refractivity contribution in [3.05, 3.63) is 24.3 Å². The molecule has 0 aliphatic heterocycles. The van der Waals surface area contributed by atoms with Crippen LogP contribution in [0, 0.1) is 0 Å². The summed E-state index contributed by atoms with van der Waals surface area (Å²) in [4.78, 5) is 0.328. The van der Waals surface area contributed by atoms with E-state index in [1.807, 2.05) is 12.1 Å². The van der Waals surface area contributed by atoms with Crippen LogP contribution in [0.4, 0.5) is 5.69 Å². The first-order chi connectivity index (χ1) is 10.1. The number of rotatable bonds is 6. The third-order valence-corrected chi connectivity index (χ3v) is 5.71. The average molecular weight is 310 g/mol. The second-order valence-electron chi connectivity index (χ2n) is 5.88. The highest BCUT2D eigenvalue weighted by Gasteiger charge is 2.28. The summed E-state index contributed by atoms with van der Waals surface area (Å²) < 4.78 is 32.3. The topological polar surface area (TPSA) is 67.4 Å². The van der Waals surface area contributed by atoms with Gasteiger partial charge in [0.15, 0.2) is 0 Å². The Hall–Kier alpha value is -1.11. The van der Waals surface area contributed by atoms with Crippen molar-refractivity contribution < 1.29 is 13.2 Å². The van der Waals surface area contributed by atoms with Crippen LogP contribution in [0.5, 0.6) is 0 Å². The number of benzene rings is 1. The number of nitrogens with one attached hydrogen (secondary N) is 2. The van der Waals surface area contributed by atoms with E-state index in [-0.39, 0.29) is 12.1 Å². The first kappa shape index (κ1) is 14.8. The molecule has 2 saturated carbocycles. The Morgan fingerprint density at radius 3 is 2.43 bits per heavy atom. The van der Waals surface area contributed by atoms with Crippen LogP contribution in [0.3, 0.4) is 0 Å². The van der Waals surface area contributed by atoms with Gasteiger partial charge in [0.1, 0.15) is 0 Å². The predicted octanol–water partition coefficient (Wildman–Crippen LogP) is 2.11. The van der Waals surface area contributed by atoms with E-state index in [0.717, 1.165) is 37.8 Å². The van der Waals surface area contributed by atoms with E-state index in [4.69, 9.17) is 4.74 Å². The Kier molecular flexibility index (Phi) is 4.19. The number of methoxy groups -OCH3 is 1. The van der Waals surface area contributed by atoms with E-state index >= 15 is 0 Å². The lowest BCUT2D eigenvalue weighted by Crippen LogP contribution is -2.29. The third-order valence-electron chi connectivity index (χ3n) is 4.17. The van der Waals surface area contributed by atoms with Crippen LogP contribution in [0.1, 0.15) is 32.1 Å². The van der Waals surface area contributed by atoms with E-state index in [2.05, 4.69) is 10.0 Å². The molecule has 2 aliphatic rings. The van der Waals surface area contributed by atoms with Crippen molar-refractivity contribution in [3.63, 3.8) is 0 Å². The van der Waals surface area contributed by atoms with Gasteiger partial charge in [-0.3, -0.25) is 0 Å². The summed E-state index contributed by atoms with van der Waals surface area (Å²) in [5, 5.41) is 3.43. The molecule has 0 amide bonds. The summed E-state index contributed by atoms with van der Waals surface area (Å²) >= 11 is 0. The summed E-state index contributed by atoms with van der Waals surface area (Å²) in [6.45, 7) is 0. The molecular formula is C15H22N2O3S. The second kappa shape index (κ2) is 5.94. The molecule has 0 radical (unpaired) electrons. The normalized spacial score (nSPS) is 26.0. The third kappa shape index (κ3) is 3.56. The average Bonchev–Trinajstić information content (AvgIpc) is 3.15. The van der Waals surface area contributed by atoms with Gasteiger partial charge in [0.2, 0.25) is 10.0 Å². The Morgan fingerprint density at radius 2 is 1.81 bits per heavy atom. The molecule has 1 aromatic carbocycles. The number of anilines is 1. The Morgan fingerprint density at radius 1 is 1.10 bits per heavy atom. The molecule has 0 aromatic heterocycles. The van der Waals surface area contributed by atoms with Crippen molar-refractivity contribution in [2.75, 3.05) is 12.4 Å². The van der Waals surface area contributed by atoms with Gasteiger partial charge in [-0.15, -0.1) is 0 Å². The molecular weight excluding hydrogens is 288 g/mol. The molecule has 5 nitrogen and oxygen atoms in total. The van der Waals surface area contributed by atoms with Crippen LogP contribution >= 0.6 is 0 Å². The molecule has 2 N–H and O–H groups in total. The van der Waals surface area contributed by atoms with E-state index in [1.165, 1.54) is 0 Å². The fraction of sp³-hybridized carbons (Fsp3) is 0.600. The lowest BCUT2D eigenvalue weighted by molar-refractivity contribution is 0.101. The molecule has 6 heteroatoms. The van der Waals surface area contributed by atoms with Crippen molar-refractivity contribution >= 4 is 15.7 Å². The standard InChI is InChI=1S/C15H22N2O3S/c1-20-15-4-2-3-14(15)16-11-7-9-13(10-8-11)21(18,19)17-12-5-6-12/h7-10,12,14-17H,2-6H2,1H3. The van der Waals surface area contributed by atoms with Crippen LogP contribution < -0.4 is 10.0 Å². The highest BCUT2D eigenvalue weighted by atomic mass is 32.2. The predicted molar refractivity (Wildman–Crippen MR) is 81.8 cm³/mol. The summed E-state index contributed by atoms with van der Waals surface area (Å²) in [5.74, 6) is 0. The number of sulfonamides is 1. The van der Waals surface area contributed by atoms with Crippen molar-refractivity contribution in [1.29, 1.82) is 0 Å². The van der Waals surface area contributed by atoms with Crippen molar-refractivity contribution in [2.24, 2.45) is 0 Å². The van der Waals surface area contributed by atoms with Gasteiger partial charge < -0.3 is 10.1 Å². The molecule has 1 aromatic rings. The molecule has 0 spiro atoms. The van der Waals surface area contributed by atoms with Crippen LogP contribution in [0.25, 0.3) is 0 Å². The Balaban J connectivity index is 1.66. The molecule has 2 fully saturated rings. The Labute approximate surface area is 126 Å². The zero-order valence-electron chi connectivity index (χ0n) is 12.2. The minimum atomic E-state index is -3.36. The molecule has 0 bridgehead atoms. The van der Waals surface area contributed by atoms with Gasteiger partial charge in [0.05, 0.1) is 17.0 Å². The van der Waals surface area contributed by atoms with Crippen molar-refractivity contribution in [1.82, 2.24) is 4.72 Å².